The highest BCUT2D eigenvalue weighted by molar-refractivity contribution is 5.86. The van der Waals surface area contributed by atoms with E-state index in [4.69, 9.17) is 4.74 Å². The van der Waals surface area contributed by atoms with Crippen LogP contribution in [-0.2, 0) is 0 Å². The van der Waals surface area contributed by atoms with Gasteiger partial charge in [-0.3, -0.25) is 0 Å². The van der Waals surface area contributed by atoms with Crippen molar-refractivity contribution < 1.29 is 4.74 Å². The molecule has 0 spiro atoms. The van der Waals surface area contributed by atoms with Crippen LogP contribution in [0.4, 0.5) is 0 Å². The van der Waals surface area contributed by atoms with Crippen molar-refractivity contribution in [1.82, 2.24) is 0 Å². The molecule has 20 heavy (non-hydrogen) atoms. The molecule has 0 bridgehead atoms. The highest BCUT2D eigenvalue weighted by Crippen LogP contribution is 2.28. The van der Waals surface area contributed by atoms with Gasteiger partial charge in [0.15, 0.2) is 0 Å². The molecule has 0 saturated carbocycles. The summed E-state index contributed by atoms with van der Waals surface area (Å²) >= 11 is 0. The minimum Gasteiger partial charge on any atom is -0.482 e. The summed E-state index contributed by atoms with van der Waals surface area (Å²) in [5.41, 5.74) is 1.14. The van der Waals surface area contributed by atoms with Crippen molar-refractivity contribution >= 4 is 10.8 Å². The van der Waals surface area contributed by atoms with Crippen LogP contribution >= 0.6 is 0 Å². The van der Waals surface area contributed by atoms with E-state index in [-0.39, 0.29) is 6.10 Å². The lowest BCUT2D eigenvalue weighted by atomic mass is 10.0. The average Bonchev–Trinajstić information content (AvgIpc) is 2.53. The second kappa shape index (κ2) is 5.62. The summed E-state index contributed by atoms with van der Waals surface area (Å²) in [6, 6.07) is 24.4. The molecule has 3 rings (SSSR count). The van der Waals surface area contributed by atoms with Crippen LogP contribution in [-0.4, -0.2) is 0 Å². The molecule has 0 amide bonds. The van der Waals surface area contributed by atoms with E-state index < -0.39 is 0 Å². The lowest BCUT2D eigenvalue weighted by Crippen LogP contribution is -2.05. The van der Waals surface area contributed by atoms with E-state index in [0.29, 0.717) is 0 Å². The fourth-order valence-electron chi connectivity index (χ4n) is 2.38. The van der Waals surface area contributed by atoms with Gasteiger partial charge in [0.05, 0.1) is 0 Å². The van der Waals surface area contributed by atoms with Crippen LogP contribution in [0.25, 0.3) is 10.8 Å². The first-order valence-corrected chi connectivity index (χ1v) is 6.70. The molecular weight excluding hydrogens is 244 g/mol. The quantitative estimate of drug-likeness (QED) is 0.590. The lowest BCUT2D eigenvalue weighted by Gasteiger charge is -2.17. The molecule has 1 nitrogen and oxygen atoms in total. The standard InChI is InChI=1S/C19H16O/c1-2-19(20-16-11-4-3-5-12-16)18-14-8-10-15-9-6-7-13-17(15)18/h2-14,19H,1H2/t19-/m0/s1. The maximum Gasteiger partial charge on any atom is 0.142 e. The van der Waals surface area contributed by atoms with Gasteiger partial charge in [0, 0.05) is 5.56 Å². The van der Waals surface area contributed by atoms with E-state index >= 15 is 0 Å². The molecule has 0 heterocycles. The maximum absolute atomic E-state index is 6.04. The zero-order valence-corrected chi connectivity index (χ0v) is 11.2. The normalized spacial score (nSPS) is 12.0. The summed E-state index contributed by atoms with van der Waals surface area (Å²) in [7, 11) is 0. The summed E-state index contributed by atoms with van der Waals surface area (Å²) < 4.78 is 6.04. The van der Waals surface area contributed by atoms with Gasteiger partial charge >= 0.3 is 0 Å². The third-order valence-electron chi connectivity index (χ3n) is 3.35. The highest BCUT2D eigenvalue weighted by atomic mass is 16.5. The van der Waals surface area contributed by atoms with E-state index in [1.807, 2.05) is 42.5 Å². The number of ether oxygens (including phenoxy) is 1. The second-order valence-corrected chi connectivity index (χ2v) is 4.66. The van der Waals surface area contributed by atoms with Crippen molar-refractivity contribution in [2.24, 2.45) is 0 Å². The van der Waals surface area contributed by atoms with Gasteiger partial charge < -0.3 is 4.74 Å². The Morgan fingerprint density at radius 3 is 2.30 bits per heavy atom. The minimum atomic E-state index is -0.150. The molecule has 0 aromatic heterocycles. The predicted octanol–water partition coefficient (Wildman–Crippen LogP) is 5.15. The summed E-state index contributed by atoms with van der Waals surface area (Å²) in [5.74, 6) is 0.852. The Hall–Kier alpha value is -2.54. The second-order valence-electron chi connectivity index (χ2n) is 4.66. The van der Waals surface area contributed by atoms with E-state index in [1.54, 1.807) is 0 Å². The number of hydrogen-bond donors (Lipinski definition) is 0. The molecule has 0 N–H and O–H groups in total. The first kappa shape index (κ1) is 12.5. The van der Waals surface area contributed by atoms with Crippen LogP contribution < -0.4 is 4.74 Å². The smallest absolute Gasteiger partial charge is 0.142 e. The van der Waals surface area contributed by atoms with Gasteiger partial charge in [-0.05, 0) is 29.0 Å². The van der Waals surface area contributed by atoms with Gasteiger partial charge in [0.25, 0.3) is 0 Å². The first-order chi connectivity index (χ1) is 9.88. The molecular formula is C19H16O. The summed E-state index contributed by atoms with van der Waals surface area (Å²) in [6.45, 7) is 3.92. The highest BCUT2D eigenvalue weighted by Gasteiger charge is 2.12. The number of hydrogen-bond acceptors (Lipinski definition) is 1. The van der Waals surface area contributed by atoms with Crippen molar-refractivity contribution in [2.45, 2.75) is 6.10 Å². The third kappa shape index (κ3) is 2.43. The summed E-state index contributed by atoms with van der Waals surface area (Å²) in [4.78, 5) is 0. The molecule has 0 aliphatic carbocycles. The van der Waals surface area contributed by atoms with Gasteiger partial charge in [0.2, 0.25) is 0 Å². The maximum atomic E-state index is 6.04. The monoisotopic (exact) mass is 260 g/mol. The molecule has 3 aromatic rings. The molecule has 1 atom stereocenters. The zero-order chi connectivity index (χ0) is 13.8. The Morgan fingerprint density at radius 2 is 1.50 bits per heavy atom. The number of benzene rings is 3. The van der Waals surface area contributed by atoms with Gasteiger partial charge in [-0.1, -0.05) is 67.2 Å². The number of para-hydroxylation sites is 1. The number of rotatable bonds is 4. The number of fused-ring (bicyclic) bond motifs is 1. The first-order valence-electron chi connectivity index (χ1n) is 6.70. The van der Waals surface area contributed by atoms with Gasteiger partial charge in [0.1, 0.15) is 11.9 Å². The van der Waals surface area contributed by atoms with Crippen LogP contribution in [0, 0.1) is 0 Å². The lowest BCUT2D eigenvalue weighted by molar-refractivity contribution is 0.257. The molecule has 0 fully saturated rings. The SMILES string of the molecule is C=C[C@H](Oc1ccccc1)c1cccc2ccccc12. The molecule has 0 aliphatic heterocycles. The van der Waals surface area contributed by atoms with Crippen molar-refractivity contribution in [3.8, 4) is 5.75 Å². The molecule has 0 unspecified atom stereocenters. The topological polar surface area (TPSA) is 9.23 Å². The van der Waals surface area contributed by atoms with E-state index in [2.05, 4.69) is 43.0 Å². The van der Waals surface area contributed by atoms with Crippen molar-refractivity contribution in [3.05, 3.63) is 91.0 Å². The van der Waals surface area contributed by atoms with Crippen molar-refractivity contribution in [1.29, 1.82) is 0 Å². The average molecular weight is 260 g/mol. The third-order valence-corrected chi connectivity index (χ3v) is 3.35. The van der Waals surface area contributed by atoms with Crippen LogP contribution in [0.2, 0.25) is 0 Å². The van der Waals surface area contributed by atoms with Crippen LogP contribution in [0.1, 0.15) is 11.7 Å². The van der Waals surface area contributed by atoms with Gasteiger partial charge in [-0.25, -0.2) is 0 Å². The molecule has 3 aromatic carbocycles. The minimum absolute atomic E-state index is 0.150. The predicted molar refractivity (Wildman–Crippen MR) is 84.0 cm³/mol. The summed E-state index contributed by atoms with van der Waals surface area (Å²) in [6.07, 6.45) is 1.69. The molecule has 98 valence electrons. The molecule has 0 saturated heterocycles. The fourth-order valence-corrected chi connectivity index (χ4v) is 2.38. The molecule has 0 aliphatic rings. The Kier molecular flexibility index (Phi) is 3.51. The molecule has 0 radical (unpaired) electrons. The Bertz CT molecular complexity index is 711. The van der Waals surface area contributed by atoms with Crippen LogP contribution in [0.15, 0.2) is 85.5 Å². The van der Waals surface area contributed by atoms with Crippen molar-refractivity contribution in [3.63, 3.8) is 0 Å². The fraction of sp³-hybridized carbons (Fsp3) is 0.0526. The Labute approximate surface area is 119 Å². The van der Waals surface area contributed by atoms with E-state index in [0.717, 1.165) is 11.3 Å². The van der Waals surface area contributed by atoms with Gasteiger partial charge in [-0.2, -0.15) is 0 Å². The van der Waals surface area contributed by atoms with Crippen LogP contribution in [0.3, 0.4) is 0 Å². The zero-order valence-electron chi connectivity index (χ0n) is 11.2. The van der Waals surface area contributed by atoms with Gasteiger partial charge in [-0.15, -0.1) is 0 Å². The largest absolute Gasteiger partial charge is 0.482 e. The summed E-state index contributed by atoms with van der Waals surface area (Å²) in [5, 5.41) is 2.42. The molecule has 1 heteroatoms. The Balaban J connectivity index is 2.01. The van der Waals surface area contributed by atoms with E-state index in [1.165, 1.54) is 10.8 Å². The van der Waals surface area contributed by atoms with Crippen molar-refractivity contribution in [2.75, 3.05) is 0 Å². The Morgan fingerprint density at radius 1 is 0.800 bits per heavy atom. The van der Waals surface area contributed by atoms with E-state index in [9.17, 15) is 0 Å². The van der Waals surface area contributed by atoms with Crippen LogP contribution in [0.5, 0.6) is 5.75 Å².